The number of β-amino-alcohol motifs (C(OH)–C–C–N with tert-alkyl or cyclic N) is 1. The van der Waals surface area contributed by atoms with Gasteiger partial charge < -0.3 is 25.8 Å². The molecule has 1 fully saturated rings. The minimum absolute atomic E-state index is 0.0197. The van der Waals surface area contributed by atoms with Crippen molar-refractivity contribution in [3.63, 3.8) is 0 Å². The van der Waals surface area contributed by atoms with Crippen molar-refractivity contribution in [2.75, 3.05) is 32.1 Å². The molecule has 1 aromatic heterocycles. The molecule has 0 aliphatic carbocycles. The average molecular weight is 342 g/mol. The van der Waals surface area contributed by atoms with Gasteiger partial charge in [-0.05, 0) is 24.3 Å². The lowest BCUT2D eigenvalue weighted by Gasteiger charge is -2.16. The Kier molecular flexibility index (Phi) is 5.47. The van der Waals surface area contributed by atoms with Gasteiger partial charge in [0.15, 0.2) is 0 Å². The number of carbonyl (C=O) groups is 1. The fraction of sp³-hybridized carbons (Fsp3) is 0.333. The Morgan fingerprint density at radius 2 is 2.16 bits per heavy atom. The third kappa shape index (κ3) is 4.07. The van der Waals surface area contributed by atoms with Crippen LogP contribution in [0.2, 0.25) is 0 Å². The number of benzene rings is 1. The van der Waals surface area contributed by atoms with Crippen molar-refractivity contribution in [1.82, 2.24) is 15.6 Å². The first-order chi connectivity index (χ1) is 12.2. The quantitative estimate of drug-likeness (QED) is 0.629. The minimum Gasteiger partial charge on any atom is -0.495 e. The van der Waals surface area contributed by atoms with Crippen LogP contribution in [0, 0.1) is 5.92 Å². The van der Waals surface area contributed by atoms with Crippen LogP contribution in [0.4, 0.5) is 11.5 Å². The molecule has 2 unspecified atom stereocenters. The molecule has 2 atom stereocenters. The van der Waals surface area contributed by atoms with Crippen molar-refractivity contribution in [3.8, 4) is 5.75 Å². The third-order valence-electron chi connectivity index (χ3n) is 4.24. The number of carbonyl (C=O) groups excluding carboxylic acids is 1. The summed E-state index contributed by atoms with van der Waals surface area (Å²) in [5.41, 5.74) is 1.17. The van der Waals surface area contributed by atoms with E-state index in [2.05, 4.69) is 20.9 Å². The minimum atomic E-state index is -0.430. The number of para-hydroxylation sites is 2. The van der Waals surface area contributed by atoms with Crippen molar-refractivity contribution in [3.05, 3.63) is 48.2 Å². The Labute approximate surface area is 146 Å². The highest BCUT2D eigenvalue weighted by molar-refractivity contribution is 5.99. The third-order valence-corrected chi connectivity index (χ3v) is 4.24. The molecule has 0 spiro atoms. The summed E-state index contributed by atoms with van der Waals surface area (Å²) in [6.45, 7) is 1.67. The van der Waals surface area contributed by atoms with Gasteiger partial charge in [-0.25, -0.2) is 4.98 Å². The molecule has 1 saturated heterocycles. The number of methoxy groups -OCH3 is 1. The van der Waals surface area contributed by atoms with E-state index in [9.17, 15) is 9.90 Å². The molecule has 0 radical (unpaired) electrons. The molecule has 1 aliphatic heterocycles. The van der Waals surface area contributed by atoms with Crippen molar-refractivity contribution >= 4 is 17.4 Å². The summed E-state index contributed by atoms with van der Waals surface area (Å²) in [5, 5.41) is 19.0. The van der Waals surface area contributed by atoms with E-state index in [1.54, 1.807) is 25.4 Å². The molecule has 0 bridgehead atoms. The smallest absolute Gasteiger partial charge is 0.255 e. The molecule has 1 amide bonds. The number of aromatic nitrogens is 1. The second-order valence-electron chi connectivity index (χ2n) is 5.92. The molecule has 7 nitrogen and oxygen atoms in total. The number of aliphatic hydroxyl groups is 1. The standard InChI is InChI=1S/C18H22N4O3/c1-25-16-7-3-2-6-14(16)22-17-13(5-4-8-20-17)18(24)21-10-12-9-19-11-15(12)23/h2-8,12,15,19,23H,9-11H2,1H3,(H,20,22)(H,21,24). The Balaban J connectivity index is 1.73. The van der Waals surface area contributed by atoms with Crippen molar-refractivity contribution in [2.24, 2.45) is 5.92 Å². The highest BCUT2D eigenvalue weighted by atomic mass is 16.5. The van der Waals surface area contributed by atoms with Gasteiger partial charge in [0, 0.05) is 31.7 Å². The normalized spacial score (nSPS) is 19.4. The summed E-state index contributed by atoms with van der Waals surface area (Å²) in [4.78, 5) is 16.8. The monoisotopic (exact) mass is 342 g/mol. The topological polar surface area (TPSA) is 95.5 Å². The molecule has 2 heterocycles. The van der Waals surface area contributed by atoms with Crippen LogP contribution < -0.4 is 20.7 Å². The molecule has 132 valence electrons. The van der Waals surface area contributed by atoms with Crippen LogP contribution in [0.15, 0.2) is 42.6 Å². The number of nitrogens with one attached hydrogen (secondary N) is 3. The fourth-order valence-corrected chi connectivity index (χ4v) is 2.81. The zero-order valence-electron chi connectivity index (χ0n) is 14.0. The van der Waals surface area contributed by atoms with Gasteiger partial charge >= 0.3 is 0 Å². The number of amides is 1. The molecule has 2 aromatic rings. The SMILES string of the molecule is COc1ccccc1Nc1ncccc1C(=O)NCC1CNCC1O. The summed E-state index contributed by atoms with van der Waals surface area (Å²) in [5.74, 6) is 0.908. The summed E-state index contributed by atoms with van der Waals surface area (Å²) in [6.07, 6.45) is 1.19. The summed E-state index contributed by atoms with van der Waals surface area (Å²) in [6, 6.07) is 10.9. The van der Waals surface area contributed by atoms with Gasteiger partial charge in [0.2, 0.25) is 0 Å². The molecular weight excluding hydrogens is 320 g/mol. The van der Waals surface area contributed by atoms with E-state index in [1.165, 1.54) is 0 Å². The number of hydrogen-bond donors (Lipinski definition) is 4. The second-order valence-corrected chi connectivity index (χ2v) is 5.92. The van der Waals surface area contributed by atoms with Gasteiger partial charge in [0.05, 0.1) is 24.5 Å². The Hall–Kier alpha value is -2.64. The van der Waals surface area contributed by atoms with Crippen LogP contribution in [-0.4, -0.2) is 48.8 Å². The second kappa shape index (κ2) is 7.96. The zero-order chi connectivity index (χ0) is 17.6. The number of hydrogen-bond acceptors (Lipinski definition) is 6. The molecule has 4 N–H and O–H groups in total. The van der Waals surface area contributed by atoms with E-state index < -0.39 is 6.10 Å². The van der Waals surface area contributed by atoms with E-state index in [0.29, 0.717) is 36.8 Å². The van der Waals surface area contributed by atoms with Crippen molar-refractivity contribution < 1.29 is 14.6 Å². The molecule has 25 heavy (non-hydrogen) atoms. The van der Waals surface area contributed by atoms with Gasteiger partial charge in [-0.1, -0.05) is 12.1 Å². The lowest BCUT2D eigenvalue weighted by atomic mass is 10.1. The molecule has 7 heteroatoms. The molecule has 1 aliphatic rings. The lowest BCUT2D eigenvalue weighted by Crippen LogP contribution is -2.34. The Bertz CT molecular complexity index is 738. The number of pyridine rings is 1. The maximum atomic E-state index is 12.5. The van der Waals surface area contributed by atoms with E-state index in [1.807, 2.05) is 24.3 Å². The van der Waals surface area contributed by atoms with Crippen LogP contribution in [0.3, 0.4) is 0 Å². The van der Waals surface area contributed by atoms with E-state index in [4.69, 9.17) is 4.74 Å². The van der Waals surface area contributed by atoms with Crippen LogP contribution in [-0.2, 0) is 0 Å². The zero-order valence-corrected chi connectivity index (χ0v) is 14.0. The molecule has 0 saturated carbocycles. The summed E-state index contributed by atoms with van der Waals surface area (Å²) < 4.78 is 5.32. The van der Waals surface area contributed by atoms with Crippen LogP contribution >= 0.6 is 0 Å². The first kappa shape index (κ1) is 17.2. The van der Waals surface area contributed by atoms with Crippen LogP contribution in [0.25, 0.3) is 0 Å². The van der Waals surface area contributed by atoms with E-state index in [-0.39, 0.29) is 11.8 Å². The fourth-order valence-electron chi connectivity index (χ4n) is 2.81. The molecule has 3 rings (SSSR count). The number of nitrogens with zero attached hydrogens (tertiary/aromatic N) is 1. The lowest BCUT2D eigenvalue weighted by molar-refractivity contribution is 0.0927. The van der Waals surface area contributed by atoms with Gasteiger partial charge in [0.25, 0.3) is 5.91 Å². The van der Waals surface area contributed by atoms with Crippen molar-refractivity contribution in [1.29, 1.82) is 0 Å². The number of aliphatic hydroxyl groups excluding tert-OH is 1. The number of ether oxygens (including phenoxy) is 1. The van der Waals surface area contributed by atoms with Gasteiger partial charge in [-0.3, -0.25) is 4.79 Å². The first-order valence-electron chi connectivity index (χ1n) is 8.21. The average Bonchev–Trinajstić information content (AvgIpc) is 3.05. The highest BCUT2D eigenvalue weighted by Crippen LogP contribution is 2.27. The molecular formula is C18H22N4O3. The van der Waals surface area contributed by atoms with Crippen LogP contribution in [0.1, 0.15) is 10.4 Å². The van der Waals surface area contributed by atoms with Crippen molar-refractivity contribution in [2.45, 2.75) is 6.10 Å². The van der Waals surface area contributed by atoms with Crippen LogP contribution in [0.5, 0.6) is 5.75 Å². The van der Waals surface area contributed by atoms with E-state index in [0.717, 1.165) is 5.69 Å². The first-order valence-corrected chi connectivity index (χ1v) is 8.21. The summed E-state index contributed by atoms with van der Waals surface area (Å²) in [7, 11) is 1.59. The summed E-state index contributed by atoms with van der Waals surface area (Å²) >= 11 is 0. The highest BCUT2D eigenvalue weighted by Gasteiger charge is 2.25. The van der Waals surface area contributed by atoms with Gasteiger partial charge in [0.1, 0.15) is 11.6 Å². The predicted octanol–water partition coefficient (Wildman–Crippen LogP) is 1.14. The number of anilines is 2. The number of rotatable bonds is 6. The van der Waals surface area contributed by atoms with Gasteiger partial charge in [-0.2, -0.15) is 0 Å². The Morgan fingerprint density at radius 3 is 2.92 bits per heavy atom. The largest absolute Gasteiger partial charge is 0.495 e. The Morgan fingerprint density at radius 1 is 1.32 bits per heavy atom. The predicted molar refractivity (Wildman–Crippen MR) is 95.2 cm³/mol. The maximum absolute atomic E-state index is 12.5. The van der Waals surface area contributed by atoms with E-state index >= 15 is 0 Å². The molecule has 1 aromatic carbocycles. The maximum Gasteiger partial charge on any atom is 0.255 e. The van der Waals surface area contributed by atoms with Gasteiger partial charge in [-0.15, -0.1) is 0 Å².